The van der Waals surface area contributed by atoms with Crippen LogP contribution in [0.15, 0.2) is 30.3 Å². The lowest BCUT2D eigenvalue weighted by Crippen LogP contribution is -2.58. The first-order chi connectivity index (χ1) is 20.6. The van der Waals surface area contributed by atoms with Crippen LogP contribution in [0.4, 0.5) is 0 Å². The maximum absolute atomic E-state index is 13.9. The first kappa shape index (κ1) is 36.8. The number of hydrogen-bond acceptors (Lipinski definition) is 5. The quantitative estimate of drug-likeness (QED) is 0.321. The number of carbonyl (C=O) groups is 5. The van der Waals surface area contributed by atoms with Crippen LogP contribution in [-0.2, 0) is 30.4 Å². The van der Waals surface area contributed by atoms with Crippen molar-refractivity contribution in [3.8, 4) is 0 Å². The Balaban J connectivity index is 2.65. The second kappa shape index (κ2) is 17.2. The largest absolute Gasteiger partial charge is 0.343 e. The van der Waals surface area contributed by atoms with Crippen LogP contribution in [0.2, 0.25) is 0 Å². The lowest BCUT2D eigenvalue weighted by molar-refractivity contribution is -0.143. The van der Waals surface area contributed by atoms with Crippen molar-refractivity contribution in [3.63, 3.8) is 0 Å². The minimum atomic E-state index is -0.994. The fraction of sp³-hybridized carbons (Fsp3) is 0.676. The highest BCUT2D eigenvalue weighted by atomic mass is 16.2. The topological polar surface area (TPSA) is 137 Å². The van der Waals surface area contributed by atoms with Gasteiger partial charge in [0.2, 0.25) is 29.5 Å². The zero-order valence-electron chi connectivity index (χ0n) is 28.1. The summed E-state index contributed by atoms with van der Waals surface area (Å²) in [6.45, 7) is 15.7. The molecule has 1 heterocycles. The molecule has 0 radical (unpaired) electrons. The van der Waals surface area contributed by atoms with Gasteiger partial charge in [0, 0.05) is 13.5 Å². The van der Waals surface area contributed by atoms with E-state index in [2.05, 4.69) is 21.3 Å². The average Bonchev–Trinajstić information content (AvgIpc) is 2.92. The predicted octanol–water partition coefficient (Wildman–Crippen LogP) is 3.19. The standard InChI is InChI=1S/C34H55N5O5/c1-20(2)15-25-31(41)38-28(17-22(5)6)34(44)39(9)29(18-23(7)8)33(43)37-26(16-21(3)4)30(40)36-27(32(42)35-25)19-24-13-11-10-12-14-24/h10-14,20-23,25-29H,15-19H2,1-9H3,(H,35,42)(H,36,40)(H,37,43)(H,38,41)/t25-,26-,27-,28-,29-/m0/s1. The van der Waals surface area contributed by atoms with Gasteiger partial charge < -0.3 is 26.2 Å². The maximum Gasteiger partial charge on any atom is 0.245 e. The van der Waals surface area contributed by atoms with E-state index >= 15 is 0 Å². The van der Waals surface area contributed by atoms with Crippen LogP contribution in [0.5, 0.6) is 0 Å². The van der Waals surface area contributed by atoms with E-state index in [1.807, 2.05) is 85.7 Å². The fourth-order valence-corrected chi connectivity index (χ4v) is 5.53. The van der Waals surface area contributed by atoms with Gasteiger partial charge in [-0.25, -0.2) is 0 Å². The van der Waals surface area contributed by atoms with Gasteiger partial charge in [0.1, 0.15) is 30.2 Å². The number of hydrogen-bond donors (Lipinski definition) is 4. The summed E-state index contributed by atoms with van der Waals surface area (Å²) in [5, 5.41) is 11.6. The van der Waals surface area contributed by atoms with Crippen molar-refractivity contribution in [2.45, 2.75) is 118 Å². The van der Waals surface area contributed by atoms with Crippen LogP contribution in [0.25, 0.3) is 0 Å². The second-order valence-corrected chi connectivity index (χ2v) is 13.9. The molecule has 1 saturated heterocycles. The van der Waals surface area contributed by atoms with Gasteiger partial charge in [-0.15, -0.1) is 0 Å². The third-order valence-corrected chi connectivity index (χ3v) is 7.73. The van der Waals surface area contributed by atoms with E-state index in [9.17, 15) is 24.0 Å². The Labute approximate surface area is 263 Å². The smallest absolute Gasteiger partial charge is 0.245 e. The molecule has 10 heteroatoms. The van der Waals surface area contributed by atoms with Crippen molar-refractivity contribution in [1.29, 1.82) is 0 Å². The highest BCUT2D eigenvalue weighted by Gasteiger charge is 2.37. The Bertz CT molecular complexity index is 1120. The summed E-state index contributed by atoms with van der Waals surface area (Å²) >= 11 is 0. The Kier molecular flexibility index (Phi) is 14.3. The van der Waals surface area contributed by atoms with Crippen LogP contribution in [0.3, 0.4) is 0 Å². The van der Waals surface area contributed by atoms with Gasteiger partial charge in [-0.2, -0.15) is 0 Å². The zero-order chi connectivity index (χ0) is 33.1. The van der Waals surface area contributed by atoms with Crippen molar-refractivity contribution in [3.05, 3.63) is 35.9 Å². The lowest BCUT2D eigenvalue weighted by atomic mass is 9.97. The third-order valence-electron chi connectivity index (χ3n) is 7.73. The normalized spacial score (nSPS) is 24.6. The molecule has 0 unspecified atom stereocenters. The summed E-state index contributed by atoms with van der Waals surface area (Å²) in [6, 6.07) is 4.74. The lowest BCUT2D eigenvalue weighted by Gasteiger charge is -2.33. The molecule has 5 atom stereocenters. The van der Waals surface area contributed by atoms with E-state index in [-0.39, 0.29) is 36.0 Å². The van der Waals surface area contributed by atoms with Gasteiger partial charge in [0.25, 0.3) is 0 Å². The molecule has 0 bridgehead atoms. The summed E-state index contributed by atoms with van der Waals surface area (Å²) in [7, 11) is 1.58. The van der Waals surface area contributed by atoms with Gasteiger partial charge in [-0.1, -0.05) is 85.7 Å². The number of likely N-dealkylation sites (N-methyl/N-ethyl adjacent to an activating group) is 1. The van der Waals surface area contributed by atoms with E-state index in [1.165, 1.54) is 4.90 Å². The van der Waals surface area contributed by atoms with Gasteiger partial charge in [0.05, 0.1) is 0 Å². The monoisotopic (exact) mass is 613 g/mol. The number of amides is 5. The molecule has 1 aliphatic rings. The molecule has 4 N–H and O–H groups in total. The van der Waals surface area contributed by atoms with E-state index in [0.717, 1.165) is 5.56 Å². The number of carbonyl (C=O) groups excluding carboxylic acids is 5. The van der Waals surface area contributed by atoms with Gasteiger partial charge >= 0.3 is 0 Å². The Morgan fingerprint density at radius 2 is 0.932 bits per heavy atom. The van der Waals surface area contributed by atoms with Gasteiger partial charge in [0.15, 0.2) is 0 Å². The molecule has 5 amide bonds. The molecule has 1 aromatic carbocycles. The van der Waals surface area contributed by atoms with Crippen LogP contribution in [-0.4, -0.2) is 71.7 Å². The minimum absolute atomic E-state index is 0.0601. The molecule has 1 fully saturated rings. The van der Waals surface area contributed by atoms with Crippen molar-refractivity contribution in [2.75, 3.05) is 7.05 Å². The number of benzene rings is 1. The van der Waals surface area contributed by atoms with E-state index in [1.54, 1.807) is 7.05 Å². The van der Waals surface area contributed by atoms with E-state index < -0.39 is 53.8 Å². The molecule has 2 rings (SSSR count). The summed E-state index contributed by atoms with van der Waals surface area (Å²) < 4.78 is 0. The number of nitrogens with one attached hydrogen (secondary N) is 4. The molecular weight excluding hydrogens is 558 g/mol. The van der Waals surface area contributed by atoms with Gasteiger partial charge in [-0.05, 0) is 54.9 Å². The molecule has 0 saturated carbocycles. The van der Waals surface area contributed by atoms with Crippen LogP contribution in [0, 0.1) is 23.7 Å². The molecule has 1 aromatic rings. The van der Waals surface area contributed by atoms with E-state index in [0.29, 0.717) is 25.7 Å². The summed E-state index contributed by atoms with van der Waals surface area (Å²) in [5.41, 5.74) is 0.835. The first-order valence-electron chi connectivity index (χ1n) is 16.1. The fourth-order valence-electron chi connectivity index (χ4n) is 5.53. The average molecular weight is 614 g/mol. The molecule has 10 nitrogen and oxygen atoms in total. The highest BCUT2D eigenvalue weighted by Crippen LogP contribution is 2.18. The second-order valence-electron chi connectivity index (χ2n) is 13.9. The first-order valence-corrected chi connectivity index (χ1v) is 16.1. The summed E-state index contributed by atoms with van der Waals surface area (Å²) in [4.78, 5) is 70.5. The maximum atomic E-state index is 13.9. The Morgan fingerprint density at radius 3 is 1.41 bits per heavy atom. The molecule has 0 aromatic heterocycles. The SMILES string of the molecule is CC(C)C[C@@H]1NC(=O)[C@H](Cc2ccccc2)NC(=O)[C@H](CC(C)C)NC(=O)[C@H](CC(C)C)N(C)C(=O)[C@H](CC(C)C)NC1=O. The minimum Gasteiger partial charge on any atom is -0.343 e. The van der Waals surface area contributed by atoms with E-state index in [4.69, 9.17) is 0 Å². The third kappa shape index (κ3) is 11.6. The Hall–Kier alpha value is -3.43. The molecule has 246 valence electrons. The molecule has 0 spiro atoms. The molecule has 0 aliphatic carbocycles. The van der Waals surface area contributed by atoms with Crippen LogP contribution in [0.1, 0.15) is 86.6 Å². The summed E-state index contributed by atoms with van der Waals surface area (Å²) in [6.07, 6.45) is 1.62. The van der Waals surface area contributed by atoms with Crippen LogP contribution < -0.4 is 21.3 Å². The van der Waals surface area contributed by atoms with Crippen molar-refractivity contribution in [2.24, 2.45) is 23.7 Å². The van der Waals surface area contributed by atoms with Crippen molar-refractivity contribution in [1.82, 2.24) is 26.2 Å². The summed E-state index contributed by atoms with van der Waals surface area (Å²) in [5.74, 6) is -2.02. The Morgan fingerprint density at radius 1 is 0.545 bits per heavy atom. The molecular formula is C34H55N5O5. The molecule has 1 aliphatic heterocycles. The molecule has 44 heavy (non-hydrogen) atoms. The highest BCUT2D eigenvalue weighted by molar-refractivity contribution is 5.98. The predicted molar refractivity (Wildman–Crippen MR) is 172 cm³/mol. The van der Waals surface area contributed by atoms with Crippen LogP contribution >= 0.6 is 0 Å². The van der Waals surface area contributed by atoms with Gasteiger partial charge in [-0.3, -0.25) is 24.0 Å². The van der Waals surface area contributed by atoms with Crippen molar-refractivity contribution < 1.29 is 24.0 Å². The number of rotatable bonds is 10. The number of nitrogens with zero attached hydrogens (tertiary/aromatic N) is 1. The zero-order valence-corrected chi connectivity index (χ0v) is 28.1. The van der Waals surface area contributed by atoms with Crippen molar-refractivity contribution >= 4 is 29.5 Å².